The average Bonchev–Trinajstić information content (AvgIpc) is 2.74. The summed E-state index contributed by atoms with van der Waals surface area (Å²) >= 11 is 0.145. The van der Waals surface area contributed by atoms with Crippen LogP contribution in [0.4, 0.5) is 0 Å². The van der Waals surface area contributed by atoms with Crippen LogP contribution >= 0.6 is 0 Å². The van der Waals surface area contributed by atoms with Gasteiger partial charge in [-0.2, -0.15) is 0 Å². The van der Waals surface area contributed by atoms with Gasteiger partial charge in [0.25, 0.3) is 0 Å². The van der Waals surface area contributed by atoms with Crippen LogP contribution in [-0.4, -0.2) is 17.4 Å². The standard InChI is InChI=1S/2C14H29.Ga.H/c2*1-3-5-7-9-11-13-14-12-10-8-6-4-2;;/h2*1,3-14H2,2H3;;/q;;+1;-1. The molecule has 0 radical (unpaired) electrons. The SMILES string of the molecule is CCCCCCCCCCCCC[CH2][Ga+][CH2]CCCCCCCCCCCCC.[H-]. The zero-order chi connectivity index (χ0) is 21.1. The zero-order valence-corrected chi connectivity index (χ0v) is 23.4. The van der Waals surface area contributed by atoms with Crippen LogP contribution in [0.3, 0.4) is 0 Å². The van der Waals surface area contributed by atoms with Crippen LogP contribution in [-0.2, 0) is 0 Å². The molecule has 0 N–H and O–H groups in total. The number of hydrogen-bond acceptors (Lipinski definition) is 0. The molecule has 0 saturated carbocycles. The first-order valence-corrected chi connectivity index (χ1v) is 17.7. The quantitative estimate of drug-likeness (QED) is 0.0880. The first kappa shape index (κ1) is 29.6. The summed E-state index contributed by atoms with van der Waals surface area (Å²) in [6.45, 7) is 4.62. The maximum absolute atomic E-state index is 2.31. The fourth-order valence-electron chi connectivity index (χ4n) is 4.40. The third-order valence-electron chi connectivity index (χ3n) is 6.52. The normalized spacial score (nSPS) is 11.1. The van der Waals surface area contributed by atoms with Gasteiger partial charge in [0.15, 0.2) is 0 Å². The van der Waals surface area contributed by atoms with Crippen LogP contribution in [0.2, 0.25) is 9.95 Å². The van der Waals surface area contributed by atoms with Gasteiger partial charge in [0.1, 0.15) is 0 Å². The minimum atomic E-state index is 0. The number of hydrogen-bond donors (Lipinski definition) is 0. The van der Waals surface area contributed by atoms with Gasteiger partial charge in [-0.05, 0) is 0 Å². The summed E-state index contributed by atoms with van der Waals surface area (Å²) in [5.41, 5.74) is 0. The van der Waals surface area contributed by atoms with Gasteiger partial charge in [-0.3, -0.25) is 0 Å². The van der Waals surface area contributed by atoms with E-state index in [4.69, 9.17) is 0 Å². The van der Waals surface area contributed by atoms with E-state index in [-0.39, 0.29) is 18.8 Å². The molecule has 0 aromatic heterocycles. The van der Waals surface area contributed by atoms with Crippen LogP contribution in [0, 0.1) is 0 Å². The summed E-state index contributed by atoms with van der Waals surface area (Å²) in [4.78, 5) is 3.30. The van der Waals surface area contributed by atoms with Crippen LogP contribution < -0.4 is 0 Å². The van der Waals surface area contributed by atoms with E-state index >= 15 is 0 Å². The Morgan fingerprint density at radius 3 is 0.759 bits per heavy atom. The van der Waals surface area contributed by atoms with E-state index in [1.807, 2.05) is 0 Å². The fraction of sp³-hybridized carbons (Fsp3) is 1.00. The van der Waals surface area contributed by atoms with Crippen LogP contribution in [0.25, 0.3) is 0 Å². The van der Waals surface area contributed by atoms with E-state index in [1.54, 1.807) is 22.8 Å². The summed E-state index contributed by atoms with van der Waals surface area (Å²) in [6.07, 6.45) is 35.8. The monoisotopic (exact) mass is 464 g/mol. The summed E-state index contributed by atoms with van der Waals surface area (Å²) in [6, 6.07) is 0. The molecule has 0 heterocycles. The average molecular weight is 466 g/mol. The van der Waals surface area contributed by atoms with Gasteiger partial charge in [0.2, 0.25) is 0 Å². The Hall–Kier alpha value is 0.636. The van der Waals surface area contributed by atoms with Gasteiger partial charge >= 0.3 is 169 Å². The third-order valence-corrected chi connectivity index (χ3v) is 9.95. The van der Waals surface area contributed by atoms with Crippen molar-refractivity contribution in [2.75, 3.05) is 0 Å². The minimum Gasteiger partial charge on any atom is -1.00 e. The van der Waals surface area contributed by atoms with E-state index in [2.05, 4.69) is 13.8 Å². The van der Waals surface area contributed by atoms with E-state index in [0.29, 0.717) is 0 Å². The second-order valence-corrected chi connectivity index (χ2v) is 13.3. The van der Waals surface area contributed by atoms with Crippen molar-refractivity contribution in [1.29, 1.82) is 0 Å². The molecule has 0 bridgehead atoms. The summed E-state index contributed by atoms with van der Waals surface area (Å²) in [5.74, 6) is 0. The Labute approximate surface area is 196 Å². The van der Waals surface area contributed by atoms with E-state index in [9.17, 15) is 0 Å². The minimum absolute atomic E-state index is 0. The van der Waals surface area contributed by atoms with E-state index in [0.717, 1.165) is 0 Å². The van der Waals surface area contributed by atoms with Crippen molar-refractivity contribution in [1.82, 2.24) is 0 Å². The molecular formula is C28H59Ga. The first-order valence-electron chi connectivity index (χ1n) is 14.2. The second-order valence-electron chi connectivity index (χ2n) is 9.64. The van der Waals surface area contributed by atoms with Crippen molar-refractivity contribution in [3.8, 4) is 0 Å². The molecule has 0 fully saturated rings. The molecule has 0 atom stereocenters. The molecular weight excluding hydrogens is 406 g/mol. The van der Waals surface area contributed by atoms with Crippen LogP contribution in [0.5, 0.6) is 0 Å². The molecule has 0 aromatic rings. The second kappa shape index (κ2) is 28.6. The predicted octanol–water partition coefficient (Wildman–Crippen LogP) is 11.0. The molecule has 0 spiro atoms. The van der Waals surface area contributed by atoms with Crippen molar-refractivity contribution >= 4 is 17.4 Å². The molecule has 0 nitrogen and oxygen atoms in total. The van der Waals surface area contributed by atoms with Crippen molar-refractivity contribution in [2.45, 2.75) is 178 Å². The number of rotatable bonds is 26. The molecule has 0 aliphatic carbocycles. The summed E-state index contributed by atoms with van der Waals surface area (Å²) in [7, 11) is 0. The maximum atomic E-state index is 2.31. The van der Waals surface area contributed by atoms with Crippen molar-refractivity contribution < 1.29 is 1.43 Å². The zero-order valence-electron chi connectivity index (χ0n) is 22.0. The van der Waals surface area contributed by atoms with Crippen LogP contribution in [0.1, 0.15) is 169 Å². The summed E-state index contributed by atoms with van der Waals surface area (Å²) in [5, 5.41) is 0. The smallest absolute Gasteiger partial charge is 1.00 e. The molecule has 0 rings (SSSR count). The van der Waals surface area contributed by atoms with Gasteiger partial charge in [0.05, 0.1) is 0 Å². The Morgan fingerprint density at radius 2 is 0.517 bits per heavy atom. The molecule has 0 aliphatic heterocycles. The molecule has 174 valence electrons. The van der Waals surface area contributed by atoms with Crippen molar-refractivity contribution in [2.24, 2.45) is 0 Å². The first-order chi connectivity index (χ1) is 14.4. The third kappa shape index (κ3) is 28.6. The van der Waals surface area contributed by atoms with Gasteiger partial charge < -0.3 is 1.43 Å². The van der Waals surface area contributed by atoms with Gasteiger partial charge in [0, 0.05) is 0 Å². The van der Waals surface area contributed by atoms with E-state index in [1.165, 1.54) is 141 Å². The molecule has 0 unspecified atom stereocenters. The van der Waals surface area contributed by atoms with Gasteiger partial charge in [-0.15, -0.1) is 0 Å². The fourth-order valence-corrected chi connectivity index (χ4v) is 7.43. The Morgan fingerprint density at radius 1 is 0.310 bits per heavy atom. The molecule has 0 aromatic carbocycles. The Balaban J connectivity index is 0. The van der Waals surface area contributed by atoms with Crippen molar-refractivity contribution in [3.63, 3.8) is 0 Å². The van der Waals surface area contributed by atoms with Gasteiger partial charge in [-0.1, -0.05) is 26.7 Å². The molecule has 1 heteroatoms. The van der Waals surface area contributed by atoms with Crippen LogP contribution in [0.15, 0.2) is 0 Å². The molecule has 29 heavy (non-hydrogen) atoms. The molecule has 0 amide bonds. The van der Waals surface area contributed by atoms with E-state index < -0.39 is 0 Å². The topological polar surface area (TPSA) is 0 Å². The molecule has 0 aliphatic rings. The Bertz CT molecular complexity index is 243. The number of unbranched alkanes of at least 4 members (excludes halogenated alkanes) is 22. The summed E-state index contributed by atoms with van der Waals surface area (Å²) < 4.78 is 0. The van der Waals surface area contributed by atoms with Crippen molar-refractivity contribution in [3.05, 3.63) is 0 Å². The predicted molar refractivity (Wildman–Crippen MR) is 139 cm³/mol. The molecule has 0 saturated heterocycles. The van der Waals surface area contributed by atoms with Gasteiger partial charge in [-0.25, -0.2) is 0 Å². The Kier molecular flexibility index (Phi) is 29.3.